The summed E-state index contributed by atoms with van der Waals surface area (Å²) in [5.41, 5.74) is 4.04. The number of rotatable bonds is 9. The van der Waals surface area contributed by atoms with E-state index in [2.05, 4.69) is 42.5 Å². The zero-order valence-corrected chi connectivity index (χ0v) is 33.3. The molecule has 0 aliphatic carbocycles. The van der Waals surface area contributed by atoms with Gasteiger partial charge in [0.05, 0.1) is 60.4 Å². The Morgan fingerprint density at radius 2 is 1.12 bits per heavy atom. The largest absolute Gasteiger partial charge is 0.472 e. The van der Waals surface area contributed by atoms with Crippen LogP contribution in [0.5, 0.6) is 11.8 Å². The number of benzene rings is 2. The average molecular weight is 809 g/mol. The van der Waals surface area contributed by atoms with Crippen molar-refractivity contribution < 1.29 is 19.1 Å². The molecule has 298 valence electrons. The van der Waals surface area contributed by atoms with Crippen LogP contribution < -0.4 is 9.47 Å². The minimum absolute atomic E-state index is 0.0936. The van der Waals surface area contributed by atoms with Crippen molar-refractivity contribution in [3.05, 3.63) is 126 Å². The number of carbonyl (C=O) groups excluding carboxylic acids is 2. The molecule has 6 aromatic rings. The van der Waals surface area contributed by atoms with Gasteiger partial charge < -0.3 is 19.3 Å². The Labute approximate surface area is 345 Å². The van der Waals surface area contributed by atoms with Crippen molar-refractivity contribution in [1.29, 1.82) is 10.5 Å². The van der Waals surface area contributed by atoms with E-state index in [0.717, 1.165) is 36.1 Å². The molecule has 0 spiro atoms. The number of piperidine rings is 2. The Morgan fingerprint density at radius 1 is 0.661 bits per heavy atom. The maximum absolute atomic E-state index is 13.3. The van der Waals surface area contributed by atoms with E-state index in [9.17, 15) is 20.1 Å². The number of amides is 2. The van der Waals surface area contributed by atoms with Crippen molar-refractivity contribution in [2.45, 2.75) is 49.7 Å². The Hall–Kier alpha value is -7.11. The number of hydrogen-bond acceptors (Lipinski definition) is 13. The minimum atomic E-state index is -0.227. The smallest absolute Gasteiger partial charge is 0.256 e. The normalized spacial score (nSPS) is 16.2. The van der Waals surface area contributed by atoms with Crippen molar-refractivity contribution in [1.82, 2.24) is 49.8 Å². The zero-order valence-electron chi connectivity index (χ0n) is 32.5. The lowest BCUT2D eigenvalue weighted by atomic mass is 10.1. The van der Waals surface area contributed by atoms with Crippen LogP contribution in [0.3, 0.4) is 0 Å². The fourth-order valence-corrected chi connectivity index (χ4v) is 7.51. The number of carbonyl (C=O) groups is 2. The first-order valence-electron chi connectivity index (χ1n) is 19.0. The molecule has 0 unspecified atom stereocenters. The molecule has 2 fully saturated rings. The van der Waals surface area contributed by atoms with Gasteiger partial charge in [0.1, 0.15) is 35.5 Å². The van der Waals surface area contributed by atoms with Gasteiger partial charge >= 0.3 is 0 Å². The number of hydrogen-bond donors (Lipinski definition) is 0. The highest BCUT2D eigenvalue weighted by Crippen LogP contribution is 2.29. The van der Waals surface area contributed by atoms with Crippen LogP contribution in [0.15, 0.2) is 103 Å². The summed E-state index contributed by atoms with van der Waals surface area (Å²) in [7, 11) is 0. The molecule has 2 atom stereocenters. The van der Waals surface area contributed by atoms with Gasteiger partial charge in [0.2, 0.25) is 11.8 Å². The molecular weight excluding hydrogens is 769 g/mol. The summed E-state index contributed by atoms with van der Waals surface area (Å²) in [5.74, 6) is 0.462. The number of para-hydroxylation sites is 2. The third kappa shape index (κ3) is 9.22. The van der Waals surface area contributed by atoms with Crippen LogP contribution in [0.1, 0.15) is 63.1 Å². The van der Waals surface area contributed by atoms with Crippen molar-refractivity contribution in [3.8, 4) is 35.3 Å². The number of likely N-dealkylation sites (tertiary alicyclic amines) is 2. The number of pyridine rings is 2. The highest BCUT2D eigenvalue weighted by Gasteiger charge is 2.30. The second kappa shape index (κ2) is 18.9. The molecule has 0 bridgehead atoms. The first-order valence-corrected chi connectivity index (χ1v) is 20.2. The molecule has 4 aromatic heterocycles. The summed E-state index contributed by atoms with van der Waals surface area (Å²) in [4.78, 5) is 42.2. The third-order valence-corrected chi connectivity index (χ3v) is 10.7. The van der Waals surface area contributed by atoms with Gasteiger partial charge in [-0.1, -0.05) is 24.3 Å². The third-order valence-electron chi connectivity index (χ3n) is 9.87. The van der Waals surface area contributed by atoms with Gasteiger partial charge in [-0.3, -0.25) is 9.59 Å². The quantitative estimate of drug-likeness (QED) is 0.167. The summed E-state index contributed by atoms with van der Waals surface area (Å²) in [6.45, 7) is 3.99. The predicted octanol–water partition coefficient (Wildman–Crippen LogP) is 5.47. The number of nitrogens with zero attached hydrogens (tertiary/aromatic N) is 12. The average Bonchev–Trinajstić information content (AvgIpc) is 4.03. The molecule has 2 aliphatic heterocycles. The van der Waals surface area contributed by atoms with Gasteiger partial charge in [0.15, 0.2) is 0 Å². The maximum atomic E-state index is 13.3. The Bertz CT molecular complexity index is 2480. The molecule has 2 amide bonds. The lowest BCUT2D eigenvalue weighted by Gasteiger charge is -2.33. The maximum Gasteiger partial charge on any atom is 0.256 e. The summed E-state index contributed by atoms with van der Waals surface area (Å²) in [6, 6.07) is 22.5. The lowest BCUT2D eigenvalue weighted by Crippen LogP contribution is -2.44. The van der Waals surface area contributed by atoms with Crippen molar-refractivity contribution in [3.63, 3.8) is 0 Å². The van der Waals surface area contributed by atoms with Gasteiger partial charge in [-0.15, -0.1) is 11.8 Å². The van der Waals surface area contributed by atoms with Crippen LogP contribution in [0, 0.1) is 29.6 Å². The van der Waals surface area contributed by atoms with E-state index >= 15 is 0 Å². The van der Waals surface area contributed by atoms with Crippen molar-refractivity contribution in [2.75, 3.05) is 32.4 Å². The number of aryl methyl sites for hydroxylation is 1. The number of ether oxygens (including phenoxy) is 2. The van der Waals surface area contributed by atoms with Crippen molar-refractivity contribution >= 4 is 23.6 Å². The van der Waals surface area contributed by atoms with Crippen LogP contribution in [-0.4, -0.2) is 106 Å². The Morgan fingerprint density at radius 3 is 1.59 bits per heavy atom. The molecule has 17 heteroatoms. The predicted molar refractivity (Wildman–Crippen MR) is 216 cm³/mol. The highest BCUT2D eigenvalue weighted by molar-refractivity contribution is 7.98. The van der Waals surface area contributed by atoms with E-state index in [0.29, 0.717) is 71.6 Å². The summed E-state index contributed by atoms with van der Waals surface area (Å²) in [6.07, 6.45) is 14.3. The van der Waals surface area contributed by atoms with Gasteiger partial charge in [0.25, 0.3) is 11.8 Å². The SMILES string of the molecule is CSc1ccnc(O[C@@H]2CCCN(C(=O)c3ccccc3-n3nccn3)C2)c1C#N.Cc1ccnc(O[C@@H]2CCCN(C(=O)c3ccccc3-n3nccn3)C2)c1C#N. The second-order valence-corrected chi connectivity index (χ2v) is 14.5. The number of nitriles is 2. The molecule has 8 rings (SSSR count). The molecule has 16 nitrogen and oxygen atoms in total. The topological polar surface area (TPSA) is 194 Å². The summed E-state index contributed by atoms with van der Waals surface area (Å²) < 4.78 is 12.1. The van der Waals surface area contributed by atoms with E-state index in [4.69, 9.17) is 9.47 Å². The van der Waals surface area contributed by atoms with Crippen LogP contribution >= 0.6 is 11.8 Å². The van der Waals surface area contributed by atoms with Crippen molar-refractivity contribution in [2.24, 2.45) is 0 Å². The molecule has 2 aromatic carbocycles. The Kier molecular flexibility index (Phi) is 12.8. The van der Waals surface area contributed by atoms with E-state index in [1.807, 2.05) is 49.6 Å². The Balaban J connectivity index is 0.000000179. The number of thioether (sulfide) groups is 1. The highest BCUT2D eigenvalue weighted by atomic mass is 32.2. The molecule has 0 radical (unpaired) electrons. The van der Waals surface area contributed by atoms with E-state index in [1.165, 1.54) is 21.4 Å². The second-order valence-electron chi connectivity index (χ2n) is 13.7. The van der Waals surface area contributed by atoms with Gasteiger partial charge in [-0.2, -0.15) is 40.5 Å². The monoisotopic (exact) mass is 808 g/mol. The summed E-state index contributed by atoms with van der Waals surface area (Å²) >= 11 is 1.48. The van der Waals surface area contributed by atoms with Gasteiger partial charge in [-0.05, 0) is 80.8 Å². The lowest BCUT2D eigenvalue weighted by molar-refractivity contribution is 0.0523. The molecular formula is C42H40N12O4S. The van der Waals surface area contributed by atoms with Gasteiger partial charge in [-0.25, -0.2) is 9.97 Å². The van der Waals surface area contributed by atoms with E-state index in [1.54, 1.807) is 71.2 Å². The minimum Gasteiger partial charge on any atom is -0.472 e. The molecule has 6 heterocycles. The van der Waals surface area contributed by atoms with E-state index < -0.39 is 0 Å². The molecule has 0 saturated carbocycles. The molecule has 59 heavy (non-hydrogen) atoms. The van der Waals surface area contributed by atoms with E-state index in [-0.39, 0.29) is 24.0 Å². The first-order chi connectivity index (χ1) is 28.9. The van der Waals surface area contributed by atoms with Crippen LogP contribution in [0.4, 0.5) is 0 Å². The molecule has 2 saturated heterocycles. The fraction of sp³-hybridized carbons (Fsp3) is 0.286. The first kappa shape index (κ1) is 40.1. The molecule has 2 aliphatic rings. The fourth-order valence-electron chi connectivity index (χ4n) is 6.98. The number of aromatic nitrogens is 8. The van der Waals surface area contributed by atoms with Crippen LogP contribution in [0.2, 0.25) is 0 Å². The van der Waals surface area contributed by atoms with Crippen LogP contribution in [-0.2, 0) is 0 Å². The van der Waals surface area contributed by atoms with Crippen LogP contribution in [0.25, 0.3) is 11.4 Å². The van der Waals surface area contributed by atoms with Gasteiger partial charge in [0, 0.05) is 30.4 Å². The standard InChI is InChI=1S/C21H20N6O2S.C21H20N6O2/c1-30-19-8-9-23-20(17(19)13-22)29-15-5-4-12-26(14-15)21(28)16-6-2-3-7-18(16)27-24-10-11-25-27;1-15-8-9-23-20(18(15)13-22)29-16-5-4-12-26(14-16)21(28)17-6-2-3-7-19(17)27-24-10-11-25-27/h2-3,6-11,15H,4-5,12,14H2,1H3;2-3,6-11,16H,4-5,12,14H2,1H3/t15-;16-/m11/s1. The zero-order chi connectivity index (χ0) is 41.1. The molecule has 0 N–H and O–H groups in total. The summed E-state index contributed by atoms with van der Waals surface area (Å²) in [5, 5.41) is 35.5.